The molecule has 1 heterocycles. The second kappa shape index (κ2) is 6.55. The Bertz CT molecular complexity index is 368. The molecule has 1 saturated heterocycles. The maximum Gasteiger partial charge on any atom is 0.146 e. The monoisotopic (exact) mass is 278 g/mol. The summed E-state index contributed by atoms with van der Waals surface area (Å²) in [5.41, 5.74) is 0.668. The van der Waals surface area contributed by atoms with E-state index in [1.54, 1.807) is 18.2 Å². The van der Waals surface area contributed by atoms with Crippen molar-refractivity contribution in [2.75, 3.05) is 20.1 Å². The molecule has 0 aliphatic carbocycles. The van der Waals surface area contributed by atoms with Gasteiger partial charge in [0.25, 0.3) is 0 Å². The van der Waals surface area contributed by atoms with Gasteiger partial charge in [-0.25, -0.2) is 4.39 Å². The highest BCUT2D eigenvalue weighted by atomic mass is 35.5. The minimum absolute atomic E-state index is 0. The van der Waals surface area contributed by atoms with Crippen molar-refractivity contribution in [1.29, 1.82) is 0 Å². The zero-order valence-corrected chi connectivity index (χ0v) is 11.3. The molecule has 2 nitrogen and oxygen atoms in total. The van der Waals surface area contributed by atoms with E-state index in [1.807, 2.05) is 7.05 Å². The van der Waals surface area contributed by atoms with Crippen LogP contribution in [0.25, 0.3) is 0 Å². The maximum atomic E-state index is 13.7. The fourth-order valence-corrected chi connectivity index (χ4v) is 2.28. The molecule has 96 valence electrons. The van der Waals surface area contributed by atoms with E-state index in [9.17, 15) is 4.39 Å². The zero-order chi connectivity index (χ0) is 11.5. The van der Waals surface area contributed by atoms with Crippen LogP contribution in [-0.4, -0.2) is 31.1 Å². The highest BCUT2D eigenvalue weighted by Gasteiger charge is 2.20. The fraction of sp³-hybridized carbons (Fsp3) is 0.500. The highest BCUT2D eigenvalue weighted by Crippen LogP contribution is 2.20. The Balaban J connectivity index is 0.00000144. The first-order chi connectivity index (χ1) is 7.68. The summed E-state index contributed by atoms with van der Waals surface area (Å²) >= 11 is 5.75. The van der Waals surface area contributed by atoms with Crippen LogP contribution < -0.4 is 5.32 Å². The van der Waals surface area contributed by atoms with Gasteiger partial charge in [-0.05, 0) is 26.1 Å². The molecule has 1 aromatic carbocycles. The van der Waals surface area contributed by atoms with E-state index < -0.39 is 0 Å². The summed E-state index contributed by atoms with van der Waals surface area (Å²) < 4.78 is 13.7. The Kier molecular flexibility index (Phi) is 5.67. The SMILES string of the molecule is CN(Cc1cccc(Cl)c1F)C1CCNC1.Cl. The zero-order valence-electron chi connectivity index (χ0n) is 9.75. The summed E-state index contributed by atoms with van der Waals surface area (Å²) in [6, 6.07) is 5.66. The van der Waals surface area contributed by atoms with Gasteiger partial charge in [0, 0.05) is 24.7 Å². The van der Waals surface area contributed by atoms with E-state index in [-0.39, 0.29) is 23.2 Å². The lowest BCUT2D eigenvalue weighted by molar-refractivity contribution is 0.245. The summed E-state index contributed by atoms with van der Waals surface area (Å²) in [7, 11) is 2.03. The molecule has 1 aliphatic heterocycles. The van der Waals surface area contributed by atoms with Crippen LogP contribution in [0.4, 0.5) is 4.39 Å². The summed E-state index contributed by atoms with van der Waals surface area (Å²) in [6.07, 6.45) is 1.12. The second-order valence-electron chi connectivity index (χ2n) is 4.27. The van der Waals surface area contributed by atoms with Gasteiger partial charge in [-0.3, -0.25) is 4.90 Å². The summed E-state index contributed by atoms with van der Waals surface area (Å²) in [5.74, 6) is -0.290. The lowest BCUT2D eigenvalue weighted by atomic mass is 10.1. The molecule has 1 N–H and O–H groups in total. The van der Waals surface area contributed by atoms with Gasteiger partial charge < -0.3 is 5.32 Å². The molecule has 0 aromatic heterocycles. The average Bonchev–Trinajstić information content (AvgIpc) is 2.78. The molecule has 1 aromatic rings. The molecule has 17 heavy (non-hydrogen) atoms. The van der Waals surface area contributed by atoms with E-state index in [2.05, 4.69) is 10.2 Å². The summed E-state index contributed by atoms with van der Waals surface area (Å²) in [6.45, 7) is 2.64. The van der Waals surface area contributed by atoms with E-state index in [0.29, 0.717) is 18.2 Å². The Morgan fingerprint density at radius 2 is 2.29 bits per heavy atom. The lowest BCUT2D eigenvalue weighted by Gasteiger charge is -2.23. The van der Waals surface area contributed by atoms with Crippen LogP contribution in [0.1, 0.15) is 12.0 Å². The molecule has 0 amide bonds. The van der Waals surface area contributed by atoms with Crippen LogP contribution >= 0.6 is 24.0 Å². The van der Waals surface area contributed by atoms with E-state index in [4.69, 9.17) is 11.6 Å². The fourth-order valence-electron chi connectivity index (χ4n) is 2.08. The van der Waals surface area contributed by atoms with Crippen molar-refractivity contribution < 1.29 is 4.39 Å². The van der Waals surface area contributed by atoms with Crippen LogP contribution in [0.5, 0.6) is 0 Å². The largest absolute Gasteiger partial charge is 0.315 e. The van der Waals surface area contributed by atoms with Crippen molar-refractivity contribution in [1.82, 2.24) is 10.2 Å². The van der Waals surface area contributed by atoms with Crippen molar-refractivity contribution in [3.05, 3.63) is 34.6 Å². The standard InChI is InChI=1S/C12H16ClFN2.ClH/c1-16(10-5-6-15-7-10)8-9-3-2-4-11(13)12(9)14;/h2-4,10,15H,5-8H2,1H3;1H. The number of nitrogens with one attached hydrogen (secondary N) is 1. The molecule has 1 fully saturated rings. The Labute approximate surface area is 113 Å². The summed E-state index contributed by atoms with van der Waals surface area (Å²) in [4.78, 5) is 2.18. The number of nitrogens with zero attached hydrogens (tertiary/aromatic N) is 1. The van der Waals surface area contributed by atoms with Gasteiger partial charge in [-0.1, -0.05) is 23.7 Å². The predicted octanol–water partition coefficient (Wildman–Crippen LogP) is 2.69. The average molecular weight is 279 g/mol. The van der Waals surface area contributed by atoms with Crippen molar-refractivity contribution >= 4 is 24.0 Å². The second-order valence-corrected chi connectivity index (χ2v) is 4.68. The van der Waals surface area contributed by atoms with Crippen LogP contribution in [0.2, 0.25) is 5.02 Å². The topological polar surface area (TPSA) is 15.3 Å². The van der Waals surface area contributed by atoms with Gasteiger partial charge in [0.1, 0.15) is 5.82 Å². The molecular weight excluding hydrogens is 262 g/mol. The molecular formula is C12H17Cl2FN2. The third-order valence-corrected chi connectivity index (χ3v) is 3.40. The smallest absolute Gasteiger partial charge is 0.146 e. The van der Waals surface area contributed by atoms with Crippen molar-refractivity contribution in [3.8, 4) is 0 Å². The minimum atomic E-state index is -0.290. The first-order valence-electron chi connectivity index (χ1n) is 5.52. The van der Waals surface area contributed by atoms with Gasteiger partial charge in [-0.2, -0.15) is 0 Å². The third kappa shape index (κ3) is 3.55. The molecule has 0 saturated carbocycles. The van der Waals surface area contributed by atoms with Gasteiger partial charge >= 0.3 is 0 Å². The van der Waals surface area contributed by atoms with Crippen LogP contribution in [0.15, 0.2) is 18.2 Å². The first kappa shape index (κ1) is 14.7. The lowest BCUT2D eigenvalue weighted by Crippen LogP contribution is -2.33. The number of hydrogen-bond donors (Lipinski definition) is 1. The van der Waals surface area contributed by atoms with Gasteiger partial charge in [0.05, 0.1) is 5.02 Å². The third-order valence-electron chi connectivity index (χ3n) is 3.11. The molecule has 0 radical (unpaired) electrons. The van der Waals surface area contributed by atoms with Gasteiger partial charge in [-0.15, -0.1) is 12.4 Å². The van der Waals surface area contributed by atoms with E-state index in [1.165, 1.54) is 0 Å². The van der Waals surface area contributed by atoms with E-state index in [0.717, 1.165) is 19.5 Å². The number of rotatable bonds is 3. The Morgan fingerprint density at radius 3 is 2.94 bits per heavy atom. The number of halogens is 3. The van der Waals surface area contributed by atoms with Gasteiger partial charge in [0.2, 0.25) is 0 Å². The van der Waals surface area contributed by atoms with Crippen molar-refractivity contribution in [2.45, 2.75) is 19.0 Å². The highest BCUT2D eigenvalue weighted by molar-refractivity contribution is 6.30. The quantitative estimate of drug-likeness (QED) is 0.915. The Morgan fingerprint density at radius 1 is 1.53 bits per heavy atom. The molecule has 1 aliphatic rings. The van der Waals surface area contributed by atoms with E-state index >= 15 is 0 Å². The number of benzene rings is 1. The first-order valence-corrected chi connectivity index (χ1v) is 5.90. The summed E-state index contributed by atoms with van der Waals surface area (Å²) in [5, 5.41) is 3.51. The molecule has 1 atom stereocenters. The van der Waals surface area contributed by atoms with Crippen molar-refractivity contribution in [3.63, 3.8) is 0 Å². The van der Waals surface area contributed by atoms with Gasteiger partial charge in [0.15, 0.2) is 0 Å². The van der Waals surface area contributed by atoms with Crippen molar-refractivity contribution in [2.24, 2.45) is 0 Å². The van der Waals surface area contributed by atoms with Crippen LogP contribution in [-0.2, 0) is 6.54 Å². The molecule has 5 heteroatoms. The normalized spacial score (nSPS) is 19.4. The molecule has 0 spiro atoms. The van der Waals surface area contributed by atoms with Crippen LogP contribution in [0, 0.1) is 5.82 Å². The number of likely N-dealkylation sites (N-methyl/N-ethyl adjacent to an activating group) is 1. The minimum Gasteiger partial charge on any atom is -0.315 e. The van der Waals surface area contributed by atoms with Crippen LogP contribution in [0.3, 0.4) is 0 Å². The maximum absolute atomic E-state index is 13.7. The molecule has 0 bridgehead atoms. The molecule has 1 unspecified atom stereocenters. The predicted molar refractivity (Wildman–Crippen MR) is 71.4 cm³/mol. The number of hydrogen-bond acceptors (Lipinski definition) is 2. The molecule has 2 rings (SSSR count). The Hall–Kier alpha value is -0.350.